The maximum atomic E-state index is 5.37. The van der Waals surface area contributed by atoms with Gasteiger partial charge in [0.15, 0.2) is 9.54 Å². The van der Waals surface area contributed by atoms with Crippen LogP contribution in [-0.2, 0) is 20.1 Å². The zero-order chi connectivity index (χ0) is 11.3. The number of aromatic nitrogens is 3. The van der Waals surface area contributed by atoms with Gasteiger partial charge in [0, 0.05) is 7.05 Å². The molecule has 16 heavy (non-hydrogen) atoms. The Labute approximate surface area is 104 Å². The molecule has 0 unspecified atom stereocenters. The second-order valence-corrected chi connectivity index (χ2v) is 4.74. The zero-order valence-electron chi connectivity index (χ0n) is 8.88. The summed E-state index contributed by atoms with van der Waals surface area (Å²) in [4.78, 5) is 0. The maximum Gasteiger partial charge on any atom is 0.197 e. The Morgan fingerprint density at radius 1 is 0.938 bits per heavy atom. The Hall–Kier alpha value is -1.20. The first-order valence-electron chi connectivity index (χ1n) is 5.12. The monoisotopic (exact) mass is 249 g/mol. The molecule has 3 rings (SSSR count). The SMILES string of the molecule is Cn1c(=S)n2n(c1=S)Cc1ccccc1C2. The van der Waals surface area contributed by atoms with Crippen LogP contribution in [0.25, 0.3) is 0 Å². The van der Waals surface area contributed by atoms with Gasteiger partial charge in [-0.15, -0.1) is 0 Å². The Kier molecular flexibility index (Phi) is 2.12. The summed E-state index contributed by atoms with van der Waals surface area (Å²) in [5.41, 5.74) is 2.67. The van der Waals surface area contributed by atoms with Gasteiger partial charge in [-0.1, -0.05) is 24.3 Å². The van der Waals surface area contributed by atoms with Crippen LogP contribution >= 0.6 is 24.4 Å². The van der Waals surface area contributed by atoms with E-state index < -0.39 is 0 Å². The van der Waals surface area contributed by atoms with E-state index in [1.54, 1.807) is 0 Å². The molecule has 1 aliphatic heterocycles. The van der Waals surface area contributed by atoms with Gasteiger partial charge in [0.2, 0.25) is 0 Å². The summed E-state index contributed by atoms with van der Waals surface area (Å²) in [5.74, 6) is 0. The predicted octanol–water partition coefficient (Wildman–Crippen LogP) is 2.50. The van der Waals surface area contributed by atoms with Crippen LogP contribution in [0, 0.1) is 9.54 Å². The lowest BCUT2D eigenvalue weighted by Crippen LogP contribution is -2.21. The molecule has 1 aromatic heterocycles. The van der Waals surface area contributed by atoms with Gasteiger partial charge >= 0.3 is 0 Å². The third-order valence-electron chi connectivity index (χ3n) is 3.07. The van der Waals surface area contributed by atoms with Crippen LogP contribution < -0.4 is 0 Å². The molecule has 1 aliphatic rings. The highest BCUT2D eigenvalue weighted by molar-refractivity contribution is 7.72. The molecule has 82 valence electrons. The average molecular weight is 249 g/mol. The molecular weight excluding hydrogens is 238 g/mol. The summed E-state index contributed by atoms with van der Waals surface area (Å²) in [6.07, 6.45) is 0. The first-order valence-corrected chi connectivity index (χ1v) is 5.93. The lowest BCUT2D eigenvalue weighted by Gasteiger charge is -2.20. The minimum Gasteiger partial charge on any atom is -0.296 e. The van der Waals surface area contributed by atoms with Crippen LogP contribution in [-0.4, -0.2) is 13.9 Å². The molecule has 0 amide bonds. The molecule has 0 saturated carbocycles. The van der Waals surface area contributed by atoms with Crippen molar-refractivity contribution in [3.8, 4) is 0 Å². The molecule has 0 saturated heterocycles. The van der Waals surface area contributed by atoms with Gasteiger partial charge in [0.25, 0.3) is 0 Å². The Balaban J connectivity index is 2.27. The van der Waals surface area contributed by atoms with E-state index in [9.17, 15) is 0 Å². The molecule has 2 heterocycles. The minimum absolute atomic E-state index is 0.791. The molecule has 0 radical (unpaired) electrons. The number of nitrogens with zero attached hydrogens (tertiary/aromatic N) is 3. The molecule has 1 aromatic carbocycles. The van der Waals surface area contributed by atoms with Gasteiger partial charge in [-0.05, 0) is 35.6 Å². The average Bonchev–Trinajstić information content (AvgIpc) is 2.52. The van der Waals surface area contributed by atoms with E-state index in [2.05, 4.69) is 33.6 Å². The second kappa shape index (κ2) is 3.40. The van der Waals surface area contributed by atoms with Crippen molar-refractivity contribution in [3.05, 3.63) is 44.9 Å². The van der Waals surface area contributed by atoms with Gasteiger partial charge in [-0.3, -0.25) is 13.9 Å². The normalized spacial score (nSPS) is 13.3. The summed E-state index contributed by atoms with van der Waals surface area (Å²) < 4.78 is 7.61. The summed E-state index contributed by atoms with van der Waals surface area (Å²) in [7, 11) is 1.92. The van der Waals surface area contributed by atoms with Crippen molar-refractivity contribution in [1.82, 2.24) is 13.9 Å². The number of hydrogen-bond acceptors (Lipinski definition) is 2. The Morgan fingerprint density at radius 3 is 1.81 bits per heavy atom. The maximum absolute atomic E-state index is 5.37. The van der Waals surface area contributed by atoms with Crippen LogP contribution in [0.1, 0.15) is 11.1 Å². The summed E-state index contributed by atoms with van der Waals surface area (Å²) in [6, 6.07) is 8.43. The van der Waals surface area contributed by atoms with Crippen molar-refractivity contribution >= 4 is 24.4 Å². The van der Waals surface area contributed by atoms with E-state index >= 15 is 0 Å². The van der Waals surface area contributed by atoms with Crippen LogP contribution in [0.3, 0.4) is 0 Å². The van der Waals surface area contributed by atoms with Crippen molar-refractivity contribution in [2.45, 2.75) is 13.1 Å². The van der Waals surface area contributed by atoms with E-state index in [1.165, 1.54) is 11.1 Å². The lowest BCUT2D eigenvalue weighted by atomic mass is 10.1. The number of hydrogen-bond donors (Lipinski definition) is 0. The number of fused-ring (bicyclic) bond motifs is 2. The molecule has 0 aliphatic carbocycles. The minimum atomic E-state index is 0.791. The van der Waals surface area contributed by atoms with E-state index in [1.807, 2.05) is 11.6 Å². The molecule has 0 atom stereocenters. The van der Waals surface area contributed by atoms with Crippen molar-refractivity contribution in [1.29, 1.82) is 0 Å². The highest BCUT2D eigenvalue weighted by Gasteiger charge is 2.16. The quantitative estimate of drug-likeness (QED) is 0.569. The summed E-state index contributed by atoms with van der Waals surface area (Å²) >= 11 is 10.7. The molecule has 0 spiro atoms. The van der Waals surface area contributed by atoms with E-state index in [0.717, 1.165) is 22.6 Å². The van der Waals surface area contributed by atoms with Gasteiger partial charge in [-0.25, -0.2) is 0 Å². The Morgan fingerprint density at radius 2 is 1.38 bits per heavy atom. The molecule has 2 aromatic rings. The molecule has 3 nitrogen and oxygen atoms in total. The van der Waals surface area contributed by atoms with Gasteiger partial charge < -0.3 is 0 Å². The topological polar surface area (TPSA) is 14.8 Å². The third-order valence-corrected chi connectivity index (χ3v) is 4.03. The third kappa shape index (κ3) is 1.25. The zero-order valence-corrected chi connectivity index (χ0v) is 10.5. The van der Waals surface area contributed by atoms with Crippen molar-refractivity contribution in [2.75, 3.05) is 0 Å². The first kappa shape index (κ1) is 9.99. The van der Waals surface area contributed by atoms with Crippen LogP contribution in [0.5, 0.6) is 0 Å². The van der Waals surface area contributed by atoms with Crippen LogP contribution in [0.4, 0.5) is 0 Å². The molecule has 0 bridgehead atoms. The van der Waals surface area contributed by atoms with Gasteiger partial charge in [-0.2, -0.15) is 0 Å². The lowest BCUT2D eigenvalue weighted by molar-refractivity contribution is 0.475. The first-order chi connectivity index (χ1) is 7.68. The molecule has 0 fully saturated rings. The van der Waals surface area contributed by atoms with Crippen molar-refractivity contribution < 1.29 is 0 Å². The largest absolute Gasteiger partial charge is 0.296 e. The smallest absolute Gasteiger partial charge is 0.197 e. The predicted molar refractivity (Wildman–Crippen MR) is 67.7 cm³/mol. The fraction of sp³-hybridized carbons (Fsp3) is 0.273. The summed E-state index contributed by atoms with van der Waals surface area (Å²) in [5, 5.41) is 0. The number of benzene rings is 1. The van der Waals surface area contributed by atoms with Crippen LogP contribution in [0.2, 0.25) is 0 Å². The van der Waals surface area contributed by atoms with E-state index in [0.29, 0.717) is 0 Å². The van der Waals surface area contributed by atoms with Gasteiger partial charge in [0.1, 0.15) is 0 Å². The molecule has 5 heteroatoms. The van der Waals surface area contributed by atoms with Crippen LogP contribution in [0.15, 0.2) is 24.3 Å². The van der Waals surface area contributed by atoms with Crippen molar-refractivity contribution in [2.24, 2.45) is 7.05 Å². The number of rotatable bonds is 0. The fourth-order valence-electron chi connectivity index (χ4n) is 2.13. The van der Waals surface area contributed by atoms with Crippen molar-refractivity contribution in [3.63, 3.8) is 0 Å². The summed E-state index contributed by atoms with van der Waals surface area (Å²) in [6.45, 7) is 1.64. The highest BCUT2D eigenvalue weighted by atomic mass is 32.1. The Bertz CT molecular complexity index is 619. The van der Waals surface area contributed by atoms with E-state index in [4.69, 9.17) is 24.4 Å². The second-order valence-electron chi connectivity index (χ2n) is 4.01. The van der Waals surface area contributed by atoms with Gasteiger partial charge in [0.05, 0.1) is 13.1 Å². The molecular formula is C11H11N3S2. The standard InChI is InChI=1S/C11H11N3S2/c1-12-10(15)13-6-8-4-2-3-5-9(8)7-14(13)11(12)16/h2-5H,6-7H2,1H3. The highest BCUT2D eigenvalue weighted by Crippen LogP contribution is 2.18. The van der Waals surface area contributed by atoms with E-state index in [-0.39, 0.29) is 0 Å². The fourth-order valence-corrected chi connectivity index (χ4v) is 2.69. The molecule has 0 N–H and O–H groups in total.